The average Bonchev–Trinajstić information content (AvgIpc) is 3.47. The van der Waals surface area contributed by atoms with Gasteiger partial charge in [-0.25, -0.2) is 0 Å². The van der Waals surface area contributed by atoms with E-state index in [1.165, 1.54) is 173 Å². The fraction of sp³-hybridized carbons (Fsp3) is 0.724. The van der Waals surface area contributed by atoms with Crippen LogP contribution in [0.4, 0.5) is 0 Å². The average molecular weight is 1140 g/mol. The second-order valence-electron chi connectivity index (χ2n) is 23.1. The minimum Gasteiger partial charge on any atom is -0.462 e. The van der Waals surface area contributed by atoms with Gasteiger partial charge in [0.1, 0.15) is 13.2 Å². The van der Waals surface area contributed by atoms with Gasteiger partial charge in [0, 0.05) is 19.3 Å². The van der Waals surface area contributed by atoms with Crippen LogP contribution in [0.2, 0.25) is 0 Å². The molecule has 6 nitrogen and oxygen atoms in total. The molecule has 0 aromatic rings. The van der Waals surface area contributed by atoms with E-state index in [1.807, 2.05) is 0 Å². The van der Waals surface area contributed by atoms with E-state index in [9.17, 15) is 14.4 Å². The number of allylic oxidation sites excluding steroid dienone is 18. The van der Waals surface area contributed by atoms with Crippen LogP contribution in [0.25, 0.3) is 0 Å². The molecule has 0 rings (SSSR count). The first-order valence-corrected chi connectivity index (χ1v) is 34.9. The number of unbranched alkanes of at least 4 members (excludes halogenated alkanes) is 34. The molecule has 0 radical (unpaired) electrons. The molecule has 0 fully saturated rings. The number of hydrogen-bond donors (Lipinski definition) is 0. The highest BCUT2D eigenvalue weighted by molar-refractivity contribution is 5.71. The Balaban J connectivity index is 4.32. The van der Waals surface area contributed by atoms with Crippen molar-refractivity contribution in [2.45, 2.75) is 341 Å². The molecule has 1 atom stereocenters. The van der Waals surface area contributed by atoms with E-state index in [0.717, 1.165) is 116 Å². The summed E-state index contributed by atoms with van der Waals surface area (Å²) in [6.45, 7) is 6.47. The van der Waals surface area contributed by atoms with E-state index in [4.69, 9.17) is 14.2 Å². The lowest BCUT2D eigenvalue weighted by Gasteiger charge is -2.18. The van der Waals surface area contributed by atoms with E-state index in [0.29, 0.717) is 19.3 Å². The van der Waals surface area contributed by atoms with Crippen LogP contribution in [0.15, 0.2) is 109 Å². The van der Waals surface area contributed by atoms with Crippen molar-refractivity contribution in [2.75, 3.05) is 13.2 Å². The second kappa shape index (κ2) is 69.6. The zero-order chi connectivity index (χ0) is 59.2. The first kappa shape index (κ1) is 78.1. The number of esters is 3. The minimum atomic E-state index is -0.810. The van der Waals surface area contributed by atoms with E-state index < -0.39 is 6.10 Å². The molecule has 6 heteroatoms. The fourth-order valence-corrected chi connectivity index (χ4v) is 9.75. The van der Waals surface area contributed by atoms with Gasteiger partial charge in [-0.3, -0.25) is 14.4 Å². The Morgan fingerprint density at radius 1 is 0.256 bits per heavy atom. The van der Waals surface area contributed by atoms with Crippen molar-refractivity contribution >= 4 is 17.9 Å². The molecule has 0 saturated carbocycles. The van der Waals surface area contributed by atoms with Gasteiger partial charge in [0.25, 0.3) is 0 Å². The summed E-state index contributed by atoms with van der Waals surface area (Å²) in [5, 5.41) is 0. The molecule has 0 saturated heterocycles. The summed E-state index contributed by atoms with van der Waals surface area (Å²) in [6, 6.07) is 0. The molecule has 0 N–H and O–H groups in total. The van der Waals surface area contributed by atoms with Crippen LogP contribution in [0.3, 0.4) is 0 Å². The smallest absolute Gasteiger partial charge is 0.306 e. The molecule has 470 valence electrons. The number of ether oxygens (including phenoxy) is 3. The molecule has 0 amide bonds. The normalized spacial score (nSPS) is 12.8. The summed E-state index contributed by atoms with van der Waals surface area (Å²) in [4.78, 5) is 38.4. The third-order valence-electron chi connectivity index (χ3n) is 15.0. The number of carbonyl (C=O) groups is 3. The van der Waals surface area contributed by atoms with Crippen molar-refractivity contribution in [3.05, 3.63) is 109 Å². The molecule has 0 aliphatic rings. The molecule has 0 aromatic carbocycles. The van der Waals surface area contributed by atoms with Crippen LogP contribution in [0.1, 0.15) is 335 Å². The van der Waals surface area contributed by atoms with E-state index in [1.54, 1.807) is 0 Å². The third kappa shape index (κ3) is 66.9. The van der Waals surface area contributed by atoms with E-state index >= 15 is 0 Å². The van der Waals surface area contributed by atoms with Crippen LogP contribution >= 0.6 is 0 Å². The highest BCUT2D eigenvalue weighted by Gasteiger charge is 2.19. The van der Waals surface area contributed by atoms with Crippen LogP contribution in [-0.4, -0.2) is 37.2 Å². The van der Waals surface area contributed by atoms with Gasteiger partial charge in [-0.2, -0.15) is 0 Å². The lowest BCUT2D eigenvalue weighted by molar-refractivity contribution is -0.167. The van der Waals surface area contributed by atoms with Crippen molar-refractivity contribution in [3.63, 3.8) is 0 Å². The Morgan fingerprint density at radius 2 is 0.488 bits per heavy atom. The summed E-state index contributed by atoms with van der Waals surface area (Å²) in [7, 11) is 0. The van der Waals surface area contributed by atoms with Crippen molar-refractivity contribution in [2.24, 2.45) is 0 Å². The van der Waals surface area contributed by atoms with Gasteiger partial charge in [0.15, 0.2) is 6.10 Å². The van der Waals surface area contributed by atoms with Gasteiger partial charge in [-0.15, -0.1) is 0 Å². The number of hydrogen-bond acceptors (Lipinski definition) is 6. The lowest BCUT2D eigenvalue weighted by Crippen LogP contribution is -2.30. The van der Waals surface area contributed by atoms with Gasteiger partial charge < -0.3 is 14.2 Å². The Kier molecular flexibility index (Phi) is 66.2. The van der Waals surface area contributed by atoms with Gasteiger partial charge in [-0.1, -0.05) is 304 Å². The van der Waals surface area contributed by atoms with Crippen molar-refractivity contribution in [1.82, 2.24) is 0 Å². The maximum Gasteiger partial charge on any atom is 0.306 e. The third-order valence-corrected chi connectivity index (χ3v) is 15.0. The molecule has 82 heavy (non-hydrogen) atoms. The Labute approximate surface area is 508 Å². The van der Waals surface area contributed by atoms with Gasteiger partial charge in [-0.05, 0) is 122 Å². The summed E-state index contributed by atoms with van der Waals surface area (Å²) < 4.78 is 16.9. The molecule has 0 heterocycles. The molecule has 0 aromatic heterocycles. The topological polar surface area (TPSA) is 78.9 Å². The predicted octanol–water partition coefficient (Wildman–Crippen LogP) is 24.2. The molecule has 0 spiro atoms. The minimum absolute atomic E-state index is 0.0995. The molecule has 0 aliphatic carbocycles. The maximum atomic E-state index is 12.9. The molecule has 1 unspecified atom stereocenters. The van der Waals surface area contributed by atoms with Gasteiger partial charge in [0.05, 0.1) is 0 Å². The van der Waals surface area contributed by atoms with Crippen LogP contribution in [0.5, 0.6) is 0 Å². The highest BCUT2D eigenvalue weighted by atomic mass is 16.6. The zero-order valence-corrected chi connectivity index (χ0v) is 54.0. The first-order valence-electron chi connectivity index (χ1n) is 34.9. The maximum absolute atomic E-state index is 12.9. The van der Waals surface area contributed by atoms with Crippen molar-refractivity contribution < 1.29 is 28.6 Å². The Bertz CT molecular complexity index is 1640. The molecule has 0 aliphatic heterocycles. The standard InChI is InChI=1S/C76H130O6/c1-4-7-10-13-16-19-22-25-28-30-32-34-35-36-37-38-39-40-41-43-44-46-48-51-54-57-60-63-66-69-75(78)81-72-73(71-80-74(77)68-65-62-59-56-53-50-27-24-21-18-15-12-9-6-3)82-76(79)70-67-64-61-58-55-52-49-47-45-42-33-31-29-26-23-20-17-14-11-8-5-2/h8,11,15,17-18,20,24,26-27,29-30,32-33,42,47,49,55,58,73H,4-7,9-10,12-14,16,19,21-23,25,28,31,34-41,43-46,48,50-54,56-57,59-72H2,1-3H3/b11-8-,18-15-,20-17-,27-24-,29-26-,32-30-,42-33-,49-47-,58-55-. The summed E-state index contributed by atoms with van der Waals surface area (Å²) in [5.74, 6) is -0.947. The monoisotopic (exact) mass is 1140 g/mol. The largest absolute Gasteiger partial charge is 0.462 e. The first-order chi connectivity index (χ1) is 40.5. The van der Waals surface area contributed by atoms with Crippen LogP contribution in [-0.2, 0) is 28.6 Å². The number of carbonyl (C=O) groups excluding carboxylic acids is 3. The second-order valence-corrected chi connectivity index (χ2v) is 23.1. The van der Waals surface area contributed by atoms with Crippen molar-refractivity contribution in [1.29, 1.82) is 0 Å². The van der Waals surface area contributed by atoms with Crippen LogP contribution in [0, 0.1) is 0 Å². The van der Waals surface area contributed by atoms with Gasteiger partial charge >= 0.3 is 17.9 Å². The Morgan fingerprint density at radius 3 is 0.817 bits per heavy atom. The van der Waals surface area contributed by atoms with Crippen molar-refractivity contribution in [3.8, 4) is 0 Å². The fourth-order valence-electron chi connectivity index (χ4n) is 9.75. The van der Waals surface area contributed by atoms with Gasteiger partial charge in [0.2, 0.25) is 0 Å². The summed E-state index contributed by atoms with van der Waals surface area (Å²) >= 11 is 0. The Hall–Kier alpha value is -3.93. The lowest BCUT2D eigenvalue weighted by atomic mass is 10.0. The SMILES string of the molecule is CC/C=C\C/C=C\C/C=C\C/C=C\C/C=C\C/C=C\CCCCC(=O)OC(COC(=O)CCCCCCC/C=C\C/C=C\CCCC)COC(=O)CCCCCCCCCCCCCCCCCCC/C=C\CCCCCCCCCC. The van der Waals surface area contributed by atoms with E-state index in [2.05, 4.69) is 130 Å². The van der Waals surface area contributed by atoms with Crippen LogP contribution < -0.4 is 0 Å². The highest BCUT2D eigenvalue weighted by Crippen LogP contribution is 2.17. The molecular formula is C76H130O6. The van der Waals surface area contributed by atoms with E-state index in [-0.39, 0.29) is 37.5 Å². The number of rotatable bonds is 63. The summed E-state index contributed by atoms with van der Waals surface area (Å²) in [5.41, 5.74) is 0. The zero-order valence-electron chi connectivity index (χ0n) is 54.0. The summed E-state index contributed by atoms with van der Waals surface area (Å²) in [6.07, 6.45) is 95.5. The predicted molar refractivity (Wildman–Crippen MR) is 357 cm³/mol. The quantitative estimate of drug-likeness (QED) is 0.0261. The molecular weight excluding hydrogens is 1010 g/mol. The molecule has 0 bridgehead atoms.